The molecule has 0 saturated heterocycles. The topological polar surface area (TPSA) is 84.5 Å². The van der Waals surface area contributed by atoms with Crippen LogP contribution in [0.25, 0.3) is 0 Å². The van der Waals surface area contributed by atoms with Gasteiger partial charge in [0.15, 0.2) is 0 Å². The lowest BCUT2D eigenvalue weighted by Gasteiger charge is -2.10. The number of nitrogens with zero attached hydrogens (tertiary/aromatic N) is 1. The quantitative estimate of drug-likeness (QED) is 0.837. The van der Waals surface area contributed by atoms with Gasteiger partial charge in [-0.3, -0.25) is 9.59 Å². The van der Waals surface area contributed by atoms with Crippen molar-refractivity contribution in [2.45, 2.75) is 6.10 Å². The zero-order valence-corrected chi connectivity index (χ0v) is 10.4. The highest BCUT2D eigenvalue weighted by Gasteiger charge is 2.14. The van der Waals surface area contributed by atoms with Crippen molar-refractivity contribution in [2.24, 2.45) is 7.05 Å². The van der Waals surface area contributed by atoms with E-state index in [9.17, 15) is 14.7 Å². The summed E-state index contributed by atoms with van der Waals surface area (Å²) < 4.78 is 6.16. The average molecular weight is 262 g/mol. The number of pyridine rings is 1. The number of hydrogen-bond acceptors (Lipinski definition) is 4. The molecule has 2 aromatic heterocycles. The van der Waals surface area contributed by atoms with Crippen LogP contribution in [0.1, 0.15) is 22.0 Å². The number of aromatic nitrogens is 1. The number of aliphatic hydroxyl groups is 1. The van der Waals surface area contributed by atoms with E-state index in [-0.39, 0.29) is 17.7 Å². The standard InChI is InChI=1S/C13H14N2O4/c1-15-5-2-3-10(13(15)18)12(17)14-7-11(16)9-4-6-19-8-9/h2-6,8,11,16H,7H2,1H3,(H,14,17)/t11-/m1/s1. The van der Waals surface area contributed by atoms with Crippen molar-refractivity contribution in [2.75, 3.05) is 6.54 Å². The molecule has 0 bridgehead atoms. The monoisotopic (exact) mass is 262 g/mol. The second-order valence-electron chi connectivity index (χ2n) is 4.12. The molecular formula is C13H14N2O4. The van der Waals surface area contributed by atoms with Gasteiger partial charge >= 0.3 is 0 Å². The number of carbonyl (C=O) groups excluding carboxylic acids is 1. The summed E-state index contributed by atoms with van der Waals surface area (Å²) in [5.41, 5.74) is 0.239. The van der Waals surface area contributed by atoms with Gasteiger partial charge in [-0.2, -0.15) is 0 Å². The molecule has 0 saturated carbocycles. The van der Waals surface area contributed by atoms with E-state index in [1.807, 2.05) is 0 Å². The molecule has 6 nitrogen and oxygen atoms in total. The van der Waals surface area contributed by atoms with Gasteiger partial charge in [0, 0.05) is 25.4 Å². The summed E-state index contributed by atoms with van der Waals surface area (Å²) in [7, 11) is 1.57. The third-order valence-electron chi connectivity index (χ3n) is 2.75. The molecule has 19 heavy (non-hydrogen) atoms. The third-order valence-corrected chi connectivity index (χ3v) is 2.75. The van der Waals surface area contributed by atoms with Gasteiger partial charge in [-0.15, -0.1) is 0 Å². The number of rotatable bonds is 4. The maximum atomic E-state index is 11.8. The smallest absolute Gasteiger partial charge is 0.263 e. The van der Waals surface area contributed by atoms with E-state index in [0.717, 1.165) is 0 Å². The fourth-order valence-corrected chi connectivity index (χ4v) is 1.64. The molecule has 2 N–H and O–H groups in total. The molecule has 0 radical (unpaired) electrons. The van der Waals surface area contributed by atoms with Crippen LogP contribution < -0.4 is 10.9 Å². The Balaban J connectivity index is 2.02. The largest absolute Gasteiger partial charge is 0.472 e. The molecule has 2 heterocycles. The van der Waals surface area contributed by atoms with E-state index in [1.54, 1.807) is 25.4 Å². The molecule has 0 unspecified atom stereocenters. The Morgan fingerprint density at radius 1 is 1.53 bits per heavy atom. The van der Waals surface area contributed by atoms with Crippen LogP contribution in [0.4, 0.5) is 0 Å². The first-order chi connectivity index (χ1) is 9.09. The molecule has 2 aromatic rings. The van der Waals surface area contributed by atoms with Gasteiger partial charge in [-0.25, -0.2) is 0 Å². The molecule has 0 aromatic carbocycles. The van der Waals surface area contributed by atoms with E-state index < -0.39 is 12.0 Å². The molecule has 0 aliphatic carbocycles. The summed E-state index contributed by atoms with van der Waals surface area (Å²) in [5.74, 6) is -0.510. The Hall–Kier alpha value is -2.34. The maximum absolute atomic E-state index is 11.8. The number of furan rings is 1. The van der Waals surface area contributed by atoms with Crippen LogP contribution in [0.3, 0.4) is 0 Å². The molecule has 0 fully saturated rings. The van der Waals surface area contributed by atoms with Crippen LogP contribution >= 0.6 is 0 Å². The number of aryl methyl sites for hydroxylation is 1. The van der Waals surface area contributed by atoms with E-state index >= 15 is 0 Å². The van der Waals surface area contributed by atoms with Gasteiger partial charge in [0.1, 0.15) is 5.56 Å². The minimum Gasteiger partial charge on any atom is -0.472 e. The summed E-state index contributed by atoms with van der Waals surface area (Å²) in [6, 6.07) is 4.67. The van der Waals surface area contributed by atoms with Gasteiger partial charge in [-0.1, -0.05) is 0 Å². The number of hydrogen-bond donors (Lipinski definition) is 2. The summed E-state index contributed by atoms with van der Waals surface area (Å²) >= 11 is 0. The van der Waals surface area contributed by atoms with Crippen LogP contribution in [0, 0.1) is 0 Å². The summed E-state index contributed by atoms with van der Waals surface area (Å²) in [5, 5.41) is 12.3. The highest BCUT2D eigenvalue weighted by atomic mass is 16.3. The highest BCUT2D eigenvalue weighted by molar-refractivity contribution is 5.93. The van der Waals surface area contributed by atoms with Gasteiger partial charge < -0.3 is 19.4 Å². The summed E-state index contributed by atoms with van der Waals surface area (Å²) in [4.78, 5) is 23.5. The van der Waals surface area contributed by atoms with Crippen molar-refractivity contribution in [3.63, 3.8) is 0 Å². The van der Waals surface area contributed by atoms with Crippen LogP contribution in [-0.4, -0.2) is 22.1 Å². The Kier molecular flexibility index (Phi) is 3.82. The molecule has 1 atom stereocenters. The average Bonchev–Trinajstić information content (AvgIpc) is 2.93. The fourth-order valence-electron chi connectivity index (χ4n) is 1.64. The number of aliphatic hydroxyl groups excluding tert-OH is 1. The Bertz CT molecular complexity index is 616. The van der Waals surface area contributed by atoms with Gasteiger partial charge in [-0.05, 0) is 18.2 Å². The lowest BCUT2D eigenvalue weighted by Crippen LogP contribution is -2.34. The molecule has 0 aliphatic heterocycles. The first kappa shape index (κ1) is 13.1. The zero-order valence-electron chi connectivity index (χ0n) is 10.4. The van der Waals surface area contributed by atoms with Crippen molar-refractivity contribution in [1.29, 1.82) is 0 Å². The van der Waals surface area contributed by atoms with Crippen molar-refractivity contribution >= 4 is 5.91 Å². The van der Waals surface area contributed by atoms with Crippen LogP contribution in [0.2, 0.25) is 0 Å². The Morgan fingerprint density at radius 3 is 3.00 bits per heavy atom. The third kappa shape index (κ3) is 2.92. The Labute approximate surface area is 109 Å². The molecular weight excluding hydrogens is 248 g/mol. The van der Waals surface area contributed by atoms with Gasteiger partial charge in [0.05, 0.1) is 18.6 Å². The second-order valence-corrected chi connectivity index (χ2v) is 4.12. The fraction of sp³-hybridized carbons (Fsp3) is 0.231. The van der Waals surface area contributed by atoms with E-state index in [4.69, 9.17) is 4.42 Å². The van der Waals surface area contributed by atoms with Crippen molar-refractivity contribution in [3.8, 4) is 0 Å². The molecule has 100 valence electrons. The van der Waals surface area contributed by atoms with Crippen LogP contribution in [0.15, 0.2) is 46.1 Å². The lowest BCUT2D eigenvalue weighted by molar-refractivity contribution is 0.0914. The molecule has 0 aliphatic rings. The first-order valence-corrected chi connectivity index (χ1v) is 5.73. The molecule has 1 amide bonds. The molecule has 6 heteroatoms. The first-order valence-electron chi connectivity index (χ1n) is 5.73. The number of nitrogens with one attached hydrogen (secondary N) is 1. The van der Waals surface area contributed by atoms with E-state index in [1.165, 1.54) is 23.2 Å². The zero-order chi connectivity index (χ0) is 13.8. The van der Waals surface area contributed by atoms with Crippen molar-refractivity contribution in [3.05, 3.63) is 58.4 Å². The highest BCUT2D eigenvalue weighted by Crippen LogP contribution is 2.11. The summed E-state index contributed by atoms with van der Waals surface area (Å²) in [6.45, 7) is 0.0103. The second kappa shape index (κ2) is 5.53. The predicted octanol–water partition coefficient (Wildman–Crippen LogP) is 0.442. The van der Waals surface area contributed by atoms with E-state index in [0.29, 0.717) is 5.56 Å². The van der Waals surface area contributed by atoms with Crippen molar-refractivity contribution in [1.82, 2.24) is 9.88 Å². The Morgan fingerprint density at radius 2 is 2.32 bits per heavy atom. The predicted molar refractivity (Wildman–Crippen MR) is 67.7 cm³/mol. The van der Waals surface area contributed by atoms with Crippen molar-refractivity contribution < 1.29 is 14.3 Å². The maximum Gasteiger partial charge on any atom is 0.263 e. The minimum absolute atomic E-state index is 0.0103. The van der Waals surface area contributed by atoms with Gasteiger partial charge in [0.2, 0.25) is 0 Å². The normalized spacial score (nSPS) is 12.1. The molecule has 0 spiro atoms. The van der Waals surface area contributed by atoms with Crippen LogP contribution in [-0.2, 0) is 7.05 Å². The van der Waals surface area contributed by atoms with Crippen LogP contribution in [0.5, 0.6) is 0 Å². The number of carbonyl (C=O) groups is 1. The molecule has 2 rings (SSSR count). The minimum atomic E-state index is -0.865. The lowest BCUT2D eigenvalue weighted by atomic mass is 10.2. The van der Waals surface area contributed by atoms with Gasteiger partial charge in [0.25, 0.3) is 11.5 Å². The SMILES string of the molecule is Cn1cccc(C(=O)NC[C@@H](O)c2ccoc2)c1=O. The number of amides is 1. The summed E-state index contributed by atoms with van der Waals surface area (Å²) in [6.07, 6.45) is 3.54. The van der Waals surface area contributed by atoms with E-state index in [2.05, 4.69) is 5.32 Å².